The lowest BCUT2D eigenvalue weighted by Gasteiger charge is -2.22. The first-order valence-electron chi connectivity index (χ1n) is 10.3. The van der Waals surface area contributed by atoms with E-state index in [4.69, 9.17) is 14.5 Å². The van der Waals surface area contributed by atoms with Crippen LogP contribution in [0.1, 0.15) is 38.2 Å². The van der Waals surface area contributed by atoms with Crippen LogP contribution < -0.4 is 19.7 Å². The quantitative estimate of drug-likeness (QED) is 0.561. The summed E-state index contributed by atoms with van der Waals surface area (Å²) >= 11 is 0. The molecule has 30 heavy (non-hydrogen) atoms. The number of benzene rings is 2. The smallest absolute Gasteiger partial charge is 0.278 e. The zero-order chi connectivity index (χ0) is 21.5. The molecule has 1 amide bonds. The molecule has 2 aromatic carbocycles. The summed E-state index contributed by atoms with van der Waals surface area (Å²) in [5.41, 5.74) is 2.24. The molecule has 0 aliphatic carbocycles. The Balaban J connectivity index is 2.04. The summed E-state index contributed by atoms with van der Waals surface area (Å²) in [6.07, 6.45) is 0. The van der Waals surface area contributed by atoms with E-state index in [-0.39, 0.29) is 11.6 Å². The minimum atomic E-state index is -0.343. The van der Waals surface area contributed by atoms with E-state index >= 15 is 0 Å². The van der Waals surface area contributed by atoms with Gasteiger partial charge in [-0.15, -0.1) is 0 Å². The fraction of sp³-hybridized carbons (Fsp3) is 0.348. The highest BCUT2D eigenvalue weighted by Gasteiger charge is 2.21. The van der Waals surface area contributed by atoms with Gasteiger partial charge in [-0.3, -0.25) is 4.79 Å². The van der Waals surface area contributed by atoms with Gasteiger partial charge in [0.2, 0.25) is 0 Å². The SMILES string of the molecule is CCOc1ccc(OCC)c(NC(=O)c2nc3ccccc3nc2N(CC)CC)c1. The van der Waals surface area contributed by atoms with Crippen molar-refractivity contribution in [2.24, 2.45) is 0 Å². The molecule has 7 heteroatoms. The Bertz CT molecular complexity index is 1020. The highest BCUT2D eigenvalue weighted by atomic mass is 16.5. The lowest BCUT2D eigenvalue weighted by molar-refractivity contribution is 0.102. The minimum Gasteiger partial charge on any atom is -0.494 e. The van der Waals surface area contributed by atoms with Gasteiger partial charge in [-0.1, -0.05) is 12.1 Å². The molecule has 7 nitrogen and oxygen atoms in total. The van der Waals surface area contributed by atoms with Crippen molar-refractivity contribution in [3.63, 3.8) is 0 Å². The number of amides is 1. The van der Waals surface area contributed by atoms with Crippen LogP contribution in [0.2, 0.25) is 0 Å². The Kier molecular flexibility index (Phi) is 7.06. The number of nitrogens with zero attached hydrogens (tertiary/aromatic N) is 3. The molecule has 0 radical (unpaired) electrons. The number of hydrogen-bond donors (Lipinski definition) is 1. The number of ether oxygens (including phenoxy) is 2. The largest absolute Gasteiger partial charge is 0.494 e. The molecule has 1 N–H and O–H groups in total. The van der Waals surface area contributed by atoms with Crippen LogP contribution in [0.25, 0.3) is 11.0 Å². The van der Waals surface area contributed by atoms with E-state index in [0.29, 0.717) is 54.8 Å². The van der Waals surface area contributed by atoms with Gasteiger partial charge in [0.1, 0.15) is 11.5 Å². The van der Waals surface area contributed by atoms with Gasteiger partial charge in [0.05, 0.1) is 29.9 Å². The van der Waals surface area contributed by atoms with Crippen molar-refractivity contribution >= 4 is 28.4 Å². The van der Waals surface area contributed by atoms with Crippen molar-refractivity contribution in [1.82, 2.24) is 9.97 Å². The average Bonchev–Trinajstić information content (AvgIpc) is 2.76. The first kappa shape index (κ1) is 21.4. The first-order chi connectivity index (χ1) is 14.6. The summed E-state index contributed by atoms with van der Waals surface area (Å²) in [6.45, 7) is 10.3. The summed E-state index contributed by atoms with van der Waals surface area (Å²) in [7, 11) is 0. The predicted octanol–water partition coefficient (Wildman–Crippen LogP) is 4.53. The Labute approximate surface area is 177 Å². The Hall–Kier alpha value is -3.35. The van der Waals surface area contributed by atoms with E-state index in [2.05, 4.69) is 10.3 Å². The van der Waals surface area contributed by atoms with Gasteiger partial charge in [-0.2, -0.15) is 0 Å². The molecular weight excluding hydrogens is 380 g/mol. The second-order valence-electron chi connectivity index (χ2n) is 6.53. The second-order valence-corrected chi connectivity index (χ2v) is 6.53. The Morgan fingerprint density at radius 3 is 2.23 bits per heavy atom. The molecule has 0 saturated carbocycles. The summed E-state index contributed by atoms with van der Waals surface area (Å²) in [5, 5.41) is 2.95. The molecule has 0 atom stereocenters. The Morgan fingerprint density at radius 2 is 1.60 bits per heavy atom. The van der Waals surface area contributed by atoms with E-state index in [9.17, 15) is 4.79 Å². The average molecular weight is 409 g/mol. The summed E-state index contributed by atoms with van der Waals surface area (Å²) in [4.78, 5) is 24.7. The van der Waals surface area contributed by atoms with E-state index < -0.39 is 0 Å². The molecule has 0 unspecified atom stereocenters. The topological polar surface area (TPSA) is 76.6 Å². The number of para-hydroxylation sites is 2. The van der Waals surface area contributed by atoms with Crippen molar-refractivity contribution < 1.29 is 14.3 Å². The number of nitrogens with one attached hydrogen (secondary N) is 1. The third kappa shape index (κ3) is 4.62. The van der Waals surface area contributed by atoms with Crippen molar-refractivity contribution in [3.05, 3.63) is 48.2 Å². The van der Waals surface area contributed by atoms with Crippen molar-refractivity contribution in [2.45, 2.75) is 27.7 Å². The number of anilines is 2. The highest BCUT2D eigenvalue weighted by Crippen LogP contribution is 2.31. The zero-order valence-corrected chi connectivity index (χ0v) is 17.9. The van der Waals surface area contributed by atoms with Gasteiger partial charge < -0.3 is 19.7 Å². The van der Waals surface area contributed by atoms with Gasteiger partial charge >= 0.3 is 0 Å². The maximum Gasteiger partial charge on any atom is 0.278 e. The van der Waals surface area contributed by atoms with Gasteiger partial charge in [0, 0.05) is 19.2 Å². The predicted molar refractivity (Wildman–Crippen MR) is 120 cm³/mol. The van der Waals surface area contributed by atoms with E-state index in [1.165, 1.54) is 0 Å². The Morgan fingerprint density at radius 1 is 0.933 bits per heavy atom. The molecule has 0 aliphatic rings. The number of rotatable bonds is 9. The highest BCUT2D eigenvalue weighted by molar-refractivity contribution is 6.08. The van der Waals surface area contributed by atoms with Gasteiger partial charge in [-0.05, 0) is 52.0 Å². The van der Waals surface area contributed by atoms with Crippen LogP contribution in [-0.2, 0) is 0 Å². The first-order valence-corrected chi connectivity index (χ1v) is 10.3. The lowest BCUT2D eigenvalue weighted by atomic mass is 10.2. The van der Waals surface area contributed by atoms with Crippen LogP contribution in [0.3, 0.4) is 0 Å². The number of aromatic nitrogens is 2. The van der Waals surface area contributed by atoms with Crippen LogP contribution >= 0.6 is 0 Å². The molecule has 0 bridgehead atoms. The number of hydrogen-bond acceptors (Lipinski definition) is 6. The van der Waals surface area contributed by atoms with Crippen molar-refractivity contribution in [2.75, 3.05) is 36.5 Å². The number of fused-ring (bicyclic) bond motifs is 1. The van der Waals surface area contributed by atoms with E-state index in [1.54, 1.807) is 12.1 Å². The number of carbonyl (C=O) groups excluding carboxylic acids is 1. The molecule has 1 heterocycles. The number of carbonyl (C=O) groups is 1. The summed E-state index contributed by atoms with van der Waals surface area (Å²) in [5.74, 6) is 1.46. The lowest BCUT2D eigenvalue weighted by Crippen LogP contribution is -2.28. The van der Waals surface area contributed by atoms with Gasteiger partial charge in [0.15, 0.2) is 11.5 Å². The molecule has 3 rings (SSSR count). The van der Waals surface area contributed by atoms with Crippen LogP contribution in [0.15, 0.2) is 42.5 Å². The molecule has 1 aromatic heterocycles. The van der Waals surface area contributed by atoms with Gasteiger partial charge in [0.25, 0.3) is 5.91 Å². The van der Waals surface area contributed by atoms with Crippen LogP contribution in [-0.4, -0.2) is 42.2 Å². The zero-order valence-electron chi connectivity index (χ0n) is 17.9. The normalized spacial score (nSPS) is 10.7. The van der Waals surface area contributed by atoms with Crippen LogP contribution in [0.4, 0.5) is 11.5 Å². The molecule has 158 valence electrons. The maximum absolute atomic E-state index is 13.3. The molecular formula is C23H28N4O3. The summed E-state index contributed by atoms with van der Waals surface area (Å²) < 4.78 is 11.3. The maximum atomic E-state index is 13.3. The molecule has 0 spiro atoms. The third-order valence-corrected chi connectivity index (χ3v) is 4.64. The van der Waals surface area contributed by atoms with Crippen molar-refractivity contribution in [1.29, 1.82) is 0 Å². The summed E-state index contributed by atoms with van der Waals surface area (Å²) in [6, 6.07) is 12.9. The molecule has 0 aliphatic heterocycles. The fourth-order valence-corrected chi connectivity index (χ4v) is 3.21. The fourth-order valence-electron chi connectivity index (χ4n) is 3.21. The minimum absolute atomic E-state index is 0.279. The van der Waals surface area contributed by atoms with Crippen LogP contribution in [0, 0.1) is 0 Å². The van der Waals surface area contributed by atoms with E-state index in [1.807, 2.05) is 62.9 Å². The monoisotopic (exact) mass is 408 g/mol. The van der Waals surface area contributed by atoms with Crippen molar-refractivity contribution in [3.8, 4) is 11.5 Å². The molecule has 0 fully saturated rings. The standard InChI is InChI=1S/C23H28N4O3/c1-5-27(6-2)22-21(24-17-11-9-10-12-18(17)25-22)23(28)26-19-15-16(29-7-3)13-14-20(19)30-8-4/h9-15H,5-8H2,1-4H3,(H,26,28). The third-order valence-electron chi connectivity index (χ3n) is 4.64. The van der Waals surface area contributed by atoms with Crippen LogP contribution in [0.5, 0.6) is 11.5 Å². The molecule has 3 aromatic rings. The van der Waals surface area contributed by atoms with Gasteiger partial charge in [-0.25, -0.2) is 9.97 Å². The second kappa shape index (κ2) is 9.91. The van der Waals surface area contributed by atoms with E-state index in [0.717, 1.165) is 5.52 Å². The molecule has 0 saturated heterocycles.